The highest BCUT2D eigenvalue weighted by Gasteiger charge is 2.10. The second-order valence-electron chi connectivity index (χ2n) is 3.70. The number of carbonyl (C=O) groups is 1. The number of amides is 1. The highest BCUT2D eigenvalue weighted by molar-refractivity contribution is 6.06. The molecule has 0 aliphatic rings. The normalized spacial score (nSPS) is 11.6. The summed E-state index contributed by atoms with van der Waals surface area (Å²) >= 11 is 0. The van der Waals surface area contributed by atoms with E-state index in [1.54, 1.807) is 13.2 Å². The van der Waals surface area contributed by atoms with Crippen LogP contribution in [0.1, 0.15) is 10.5 Å². The van der Waals surface area contributed by atoms with E-state index in [1.807, 2.05) is 18.2 Å². The number of nitrogens with one attached hydrogen (secondary N) is 2. The summed E-state index contributed by atoms with van der Waals surface area (Å²) in [7, 11) is 3.10. The Balaban J connectivity index is 2.32. The molecule has 2 rings (SSSR count). The van der Waals surface area contributed by atoms with Gasteiger partial charge < -0.3 is 15.5 Å². The predicted octanol–water partition coefficient (Wildman–Crippen LogP) is 0.851. The van der Waals surface area contributed by atoms with Crippen molar-refractivity contribution in [2.45, 2.75) is 0 Å². The van der Waals surface area contributed by atoms with E-state index in [2.05, 4.69) is 15.3 Å². The Morgan fingerprint density at radius 3 is 2.89 bits per heavy atom. The summed E-state index contributed by atoms with van der Waals surface area (Å²) in [5.41, 5.74) is 6.68. The Morgan fingerprint density at radius 2 is 2.22 bits per heavy atom. The quantitative estimate of drug-likeness (QED) is 0.541. The predicted molar refractivity (Wildman–Crippen MR) is 69.9 cm³/mol. The minimum atomic E-state index is -0.326. The molecule has 0 bridgehead atoms. The number of aromatic nitrogens is 1. The van der Waals surface area contributed by atoms with Crippen LogP contribution in [-0.4, -0.2) is 31.0 Å². The lowest BCUT2D eigenvalue weighted by molar-refractivity contribution is 0.0972. The molecular formula is C12H14N4O2. The van der Waals surface area contributed by atoms with Gasteiger partial charge in [-0.2, -0.15) is 0 Å². The van der Waals surface area contributed by atoms with Gasteiger partial charge in [0.25, 0.3) is 5.91 Å². The van der Waals surface area contributed by atoms with Crippen molar-refractivity contribution < 1.29 is 9.53 Å². The molecule has 0 aliphatic carbocycles. The first-order chi connectivity index (χ1) is 8.63. The molecule has 94 valence electrons. The van der Waals surface area contributed by atoms with Gasteiger partial charge in [0, 0.05) is 24.0 Å². The molecule has 1 aromatic heterocycles. The standard InChI is InChI=1S/C12H14N4O2/c1-14-12(13)16-11(17)10-5-7-3-4-8(18-2)6-9(7)15-10/h3-6,15H,1-2H3,(H3,13,14,16,17). The molecule has 6 heteroatoms. The third-order valence-corrected chi connectivity index (χ3v) is 2.56. The number of hydrogen-bond acceptors (Lipinski definition) is 3. The maximum absolute atomic E-state index is 11.8. The molecular weight excluding hydrogens is 232 g/mol. The molecule has 4 N–H and O–H groups in total. The number of H-pyrrole nitrogens is 1. The van der Waals surface area contributed by atoms with E-state index in [4.69, 9.17) is 10.5 Å². The van der Waals surface area contributed by atoms with Crippen molar-refractivity contribution in [2.24, 2.45) is 10.7 Å². The van der Waals surface area contributed by atoms with Gasteiger partial charge >= 0.3 is 0 Å². The fourth-order valence-electron chi connectivity index (χ4n) is 1.60. The van der Waals surface area contributed by atoms with Gasteiger partial charge in [-0.1, -0.05) is 0 Å². The molecule has 1 amide bonds. The van der Waals surface area contributed by atoms with Crippen molar-refractivity contribution in [1.82, 2.24) is 10.3 Å². The number of carbonyl (C=O) groups excluding carboxylic acids is 1. The fourth-order valence-corrected chi connectivity index (χ4v) is 1.60. The zero-order valence-electron chi connectivity index (χ0n) is 10.2. The maximum Gasteiger partial charge on any atom is 0.274 e. The van der Waals surface area contributed by atoms with Crippen LogP contribution in [0.5, 0.6) is 5.75 Å². The molecule has 6 nitrogen and oxygen atoms in total. The molecule has 0 spiro atoms. The van der Waals surface area contributed by atoms with E-state index in [0.717, 1.165) is 16.7 Å². The molecule has 0 saturated heterocycles. The van der Waals surface area contributed by atoms with Gasteiger partial charge in [-0.05, 0) is 18.2 Å². The van der Waals surface area contributed by atoms with Crippen molar-refractivity contribution in [3.8, 4) is 5.75 Å². The highest BCUT2D eigenvalue weighted by atomic mass is 16.5. The Kier molecular flexibility index (Phi) is 3.18. The molecule has 1 heterocycles. The Bertz CT molecular complexity index is 616. The zero-order valence-corrected chi connectivity index (χ0v) is 10.2. The molecule has 2 aromatic rings. The summed E-state index contributed by atoms with van der Waals surface area (Å²) in [5.74, 6) is 0.482. The van der Waals surface area contributed by atoms with Crippen LogP contribution >= 0.6 is 0 Å². The van der Waals surface area contributed by atoms with Crippen LogP contribution in [0.3, 0.4) is 0 Å². The minimum absolute atomic E-state index is 0.0798. The average Bonchev–Trinajstić information content (AvgIpc) is 2.81. The SMILES string of the molecule is CN=C(N)NC(=O)c1cc2ccc(OC)cc2[nH]1. The van der Waals surface area contributed by atoms with E-state index in [9.17, 15) is 4.79 Å². The number of nitrogens with zero attached hydrogens (tertiary/aromatic N) is 1. The minimum Gasteiger partial charge on any atom is -0.497 e. The number of ether oxygens (including phenoxy) is 1. The lowest BCUT2D eigenvalue weighted by atomic mass is 10.2. The average molecular weight is 246 g/mol. The van der Waals surface area contributed by atoms with Gasteiger partial charge in [-0.25, -0.2) is 0 Å². The van der Waals surface area contributed by atoms with Crippen LogP contribution in [0.25, 0.3) is 10.9 Å². The van der Waals surface area contributed by atoms with Crippen molar-refractivity contribution in [1.29, 1.82) is 0 Å². The fraction of sp³-hybridized carbons (Fsp3) is 0.167. The number of aromatic amines is 1. The third kappa shape index (κ3) is 2.27. The number of nitrogens with two attached hydrogens (primary N) is 1. The molecule has 0 radical (unpaired) electrons. The van der Waals surface area contributed by atoms with E-state index < -0.39 is 0 Å². The molecule has 0 unspecified atom stereocenters. The van der Waals surface area contributed by atoms with Crippen LogP contribution in [0.15, 0.2) is 29.3 Å². The summed E-state index contributed by atoms with van der Waals surface area (Å²) in [6.45, 7) is 0. The largest absolute Gasteiger partial charge is 0.497 e. The number of methoxy groups -OCH3 is 1. The van der Waals surface area contributed by atoms with Gasteiger partial charge in [-0.3, -0.25) is 15.1 Å². The first-order valence-corrected chi connectivity index (χ1v) is 5.34. The zero-order chi connectivity index (χ0) is 13.1. The number of hydrogen-bond donors (Lipinski definition) is 3. The van der Waals surface area contributed by atoms with E-state index in [1.165, 1.54) is 7.05 Å². The summed E-state index contributed by atoms with van der Waals surface area (Å²) < 4.78 is 5.11. The number of benzene rings is 1. The van der Waals surface area contributed by atoms with Gasteiger partial charge in [0.1, 0.15) is 11.4 Å². The van der Waals surface area contributed by atoms with Crippen LogP contribution in [-0.2, 0) is 0 Å². The maximum atomic E-state index is 11.8. The molecule has 0 saturated carbocycles. The van der Waals surface area contributed by atoms with Gasteiger partial charge in [0.2, 0.25) is 0 Å². The van der Waals surface area contributed by atoms with Crippen LogP contribution in [0.4, 0.5) is 0 Å². The van der Waals surface area contributed by atoms with Gasteiger partial charge in [0.15, 0.2) is 5.96 Å². The molecule has 0 aliphatic heterocycles. The Hall–Kier alpha value is -2.50. The summed E-state index contributed by atoms with van der Waals surface area (Å²) in [6, 6.07) is 7.27. The molecule has 0 atom stereocenters. The molecule has 1 aromatic carbocycles. The van der Waals surface area contributed by atoms with Crippen molar-refractivity contribution >= 4 is 22.8 Å². The highest BCUT2D eigenvalue weighted by Crippen LogP contribution is 2.21. The monoisotopic (exact) mass is 246 g/mol. The number of fused-ring (bicyclic) bond motifs is 1. The van der Waals surface area contributed by atoms with Crippen molar-refractivity contribution in [3.63, 3.8) is 0 Å². The number of rotatable bonds is 2. The first kappa shape index (κ1) is 12.0. The lowest BCUT2D eigenvalue weighted by Crippen LogP contribution is -2.36. The van der Waals surface area contributed by atoms with Crippen molar-refractivity contribution in [3.05, 3.63) is 30.0 Å². The molecule has 18 heavy (non-hydrogen) atoms. The van der Waals surface area contributed by atoms with Gasteiger partial charge in [0.05, 0.1) is 7.11 Å². The Morgan fingerprint density at radius 1 is 1.44 bits per heavy atom. The van der Waals surface area contributed by atoms with Gasteiger partial charge in [-0.15, -0.1) is 0 Å². The van der Waals surface area contributed by atoms with Crippen LogP contribution in [0.2, 0.25) is 0 Å². The smallest absolute Gasteiger partial charge is 0.274 e. The topological polar surface area (TPSA) is 92.5 Å². The molecule has 0 fully saturated rings. The summed E-state index contributed by atoms with van der Waals surface area (Å²) in [4.78, 5) is 18.5. The second-order valence-corrected chi connectivity index (χ2v) is 3.70. The Labute approximate surface area is 104 Å². The first-order valence-electron chi connectivity index (χ1n) is 5.34. The summed E-state index contributed by atoms with van der Waals surface area (Å²) in [6.07, 6.45) is 0. The van der Waals surface area contributed by atoms with Crippen LogP contribution < -0.4 is 15.8 Å². The third-order valence-electron chi connectivity index (χ3n) is 2.56. The van der Waals surface area contributed by atoms with E-state index in [-0.39, 0.29) is 11.9 Å². The van der Waals surface area contributed by atoms with Crippen molar-refractivity contribution in [2.75, 3.05) is 14.2 Å². The van der Waals surface area contributed by atoms with Crippen LogP contribution in [0, 0.1) is 0 Å². The van der Waals surface area contributed by atoms with E-state index in [0.29, 0.717) is 5.69 Å². The number of aliphatic imine (C=N–C) groups is 1. The summed E-state index contributed by atoms with van der Waals surface area (Å²) in [5, 5.41) is 3.39. The lowest BCUT2D eigenvalue weighted by Gasteiger charge is -2.00. The van der Waals surface area contributed by atoms with E-state index >= 15 is 0 Å². The second kappa shape index (κ2) is 4.79. The number of guanidine groups is 1.